The van der Waals surface area contributed by atoms with E-state index in [1.54, 1.807) is 6.08 Å². The summed E-state index contributed by atoms with van der Waals surface area (Å²) in [4.78, 5) is 38.4. The van der Waals surface area contributed by atoms with Crippen LogP contribution in [0.1, 0.15) is 220 Å². The van der Waals surface area contributed by atoms with Crippen LogP contribution in [0.15, 0.2) is 12.2 Å². The van der Waals surface area contributed by atoms with E-state index in [2.05, 4.69) is 24.5 Å². The minimum Gasteiger partial charge on any atom is -0.477 e. The Kier molecular flexibility index (Phi) is 38.9. The first kappa shape index (κ1) is 75.7. The lowest BCUT2D eigenvalue weighted by Crippen LogP contribution is -2.70. The fraction of sp³-hybridized carbons (Fsp3) is 0.918. The lowest BCUT2D eigenvalue weighted by atomic mass is 9.88. The molecule has 2 amide bonds. The fourth-order valence-electron chi connectivity index (χ4n) is 11.3. The number of carboxylic acids is 1. The van der Waals surface area contributed by atoms with Crippen molar-refractivity contribution in [3.8, 4) is 0 Å². The molecule has 492 valence electrons. The number of aliphatic carboxylic acids is 1. The van der Waals surface area contributed by atoms with Gasteiger partial charge in [-0.25, -0.2) is 4.79 Å². The van der Waals surface area contributed by atoms with Gasteiger partial charge in [-0.2, -0.15) is 0 Å². The van der Waals surface area contributed by atoms with E-state index in [1.165, 1.54) is 128 Å². The van der Waals surface area contributed by atoms with Crippen molar-refractivity contribution < 1.29 is 104 Å². The van der Waals surface area contributed by atoms with Crippen LogP contribution in [0.25, 0.3) is 0 Å². The number of carbonyl (C=O) groups is 3. The zero-order valence-corrected chi connectivity index (χ0v) is 50.8. The topological polar surface area (TPSA) is 373 Å². The fourth-order valence-corrected chi connectivity index (χ4v) is 11.3. The molecule has 18 atom stereocenters. The highest BCUT2D eigenvalue weighted by Crippen LogP contribution is 2.38. The van der Waals surface area contributed by atoms with E-state index in [4.69, 9.17) is 28.4 Å². The van der Waals surface area contributed by atoms with Crippen LogP contribution in [0.5, 0.6) is 0 Å². The van der Waals surface area contributed by atoms with Crippen LogP contribution in [-0.4, -0.2) is 215 Å². The number of allylic oxidation sites excluding steroid dienone is 1. The van der Waals surface area contributed by atoms with Gasteiger partial charge in [-0.15, -0.1) is 0 Å². The van der Waals surface area contributed by atoms with E-state index >= 15 is 0 Å². The van der Waals surface area contributed by atoms with E-state index in [-0.39, 0.29) is 12.3 Å². The van der Waals surface area contributed by atoms with Crippen LogP contribution in [0, 0.1) is 0 Å². The van der Waals surface area contributed by atoms with Gasteiger partial charge < -0.3 is 100 Å². The predicted molar refractivity (Wildman–Crippen MR) is 311 cm³/mol. The van der Waals surface area contributed by atoms with Gasteiger partial charge in [0.05, 0.1) is 50.7 Å². The number of ether oxygens (including phenoxy) is 6. The quantitative estimate of drug-likeness (QED) is 0.0303. The van der Waals surface area contributed by atoms with Gasteiger partial charge in [0.2, 0.25) is 11.8 Å². The number of hydrogen-bond acceptors (Lipinski definition) is 20. The van der Waals surface area contributed by atoms with Gasteiger partial charge in [-0.05, 0) is 19.3 Å². The maximum Gasteiger partial charge on any atom is 0.364 e. The highest BCUT2D eigenvalue weighted by atomic mass is 16.8. The highest BCUT2D eigenvalue weighted by Gasteiger charge is 2.60. The summed E-state index contributed by atoms with van der Waals surface area (Å²) < 4.78 is 34.7. The molecule has 0 aromatic carbocycles. The monoisotopic (exact) mass is 1210 g/mol. The second-order valence-corrected chi connectivity index (χ2v) is 23.6. The number of aliphatic hydroxyl groups is 11. The molecule has 3 rings (SSSR count). The lowest BCUT2D eigenvalue weighted by Gasteiger charge is -2.50. The third kappa shape index (κ3) is 26.7. The third-order valence-electron chi connectivity index (χ3n) is 16.5. The summed E-state index contributed by atoms with van der Waals surface area (Å²) in [5.41, 5.74) is 0. The SMILES string of the molecule is CCCCCCCCCCCCC/C=C/[C@@H](O)[C@H](CO[C@@H]1O[C@H](CO)[C@@H](O[C@@H]2O[C@H](CO)[C@H](O)[C@H](O[C@]3(C(=O)O)C[C@H](O)[C@@H](NC(C)=O)C([C@H](O)[C@H](O)CO)O3)[C@H]2O)[C@H](O)C1O)NC(=O)CCCCCCCCCCCCCCCCCCC. The first-order valence-electron chi connectivity index (χ1n) is 32.1. The molecular formula is C61H112N2O21. The van der Waals surface area contributed by atoms with Crippen LogP contribution < -0.4 is 10.6 Å². The lowest BCUT2D eigenvalue weighted by molar-refractivity contribution is -0.386. The van der Waals surface area contributed by atoms with E-state index in [0.29, 0.717) is 12.8 Å². The van der Waals surface area contributed by atoms with Gasteiger partial charge in [-0.1, -0.05) is 193 Å². The Labute approximate surface area is 499 Å². The molecule has 0 bridgehead atoms. The molecule has 3 aliphatic heterocycles. The maximum atomic E-state index is 13.4. The Bertz CT molecular complexity index is 1770. The van der Waals surface area contributed by atoms with Crippen LogP contribution in [0.3, 0.4) is 0 Å². The zero-order valence-electron chi connectivity index (χ0n) is 50.8. The van der Waals surface area contributed by atoms with Crippen molar-refractivity contribution >= 4 is 17.8 Å². The molecule has 0 saturated carbocycles. The zero-order chi connectivity index (χ0) is 61.9. The average molecular weight is 1210 g/mol. The molecular weight excluding hydrogens is 1100 g/mol. The molecule has 14 N–H and O–H groups in total. The summed E-state index contributed by atoms with van der Waals surface area (Å²) in [6.07, 6.45) is 8.40. The number of rotatable bonds is 47. The number of aliphatic hydroxyl groups excluding tert-OH is 11. The number of amides is 2. The van der Waals surface area contributed by atoms with Gasteiger partial charge in [-0.3, -0.25) is 9.59 Å². The number of hydrogen-bond donors (Lipinski definition) is 14. The second kappa shape index (κ2) is 43.2. The molecule has 23 heteroatoms. The Morgan fingerprint density at radius 2 is 1.11 bits per heavy atom. The average Bonchev–Trinajstić information content (AvgIpc) is 1.28. The summed E-state index contributed by atoms with van der Waals surface area (Å²) in [7, 11) is 0. The summed E-state index contributed by atoms with van der Waals surface area (Å²) >= 11 is 0. The first-order chi connectivity index (χ1) is 40.4. The molecule has 0 spiro atoms. The summed E-state index contributed by atoms with van der Waals surface area (Å²) in [6.45, 7) is 2.11. The van der Waals surface area contributed by atoms with Crippen molar-refractivity contribution in [2.45, 2.75) is 330 Å². The molecule has 2 unspecified atom stereocenters. The van der Waals surface area contributed by atoms with Crippen LogP contribution in [0.4, 0.5) is 0 Å². The summed E-state index contributed by atoms with van der Waals surface area (Å²) in [5, 5.41) is 136. The number of carboxylic acid groups (broad SMARTS) is 1. The Morgan fingerprint density at radius 3 is 1.58 bits per heavy atom. The van der Waals surface area contributed by atoms with Gasteiger partial charge in [0.1, 0.15) is 67.1 Å². The Balaban J connectivity index is 1.64. The largest absolute Gasteiger partial charge is 0.477 e. The molecule has 3 fully saturated rings. The Hall–Kier alpha value is -2.53. The van der Waals surface area contributed by atoms with Crippen molar-refractivity contribution in [1.82, 2.24) is 10.6 Å². The molecule has 3 aliphatic rings. The molecule has 84 heavy (non-hydrogen) atoms. The first-order valence-corrected chi connectivity index (χ1v) is 32.1. The van der Waals surface area contributed by atoms with Crippen LogP contribution >= 0.6 is 0 Å². The van der Waals surface area contributed by atoms with Crippen molar-refractivity contribution in [3.63, 3.8) is 0 Å². The van der Waals surface area contributed by atoms with Gasteiger partial charge in [0.25, 0.3) is 5.79 Å². The third-order valence-corrected chi connectivity index (χ3v) is 16.5. The van der Waals surface area contributed by atoms with Crippen molar-refractivity contribution in [2.75, 3.05) is 26.4 Å². The number of carbonyl (C=O) groups excluding carboxylic acids is 2. The van der Waals surface area contributed by atoms with E-state index in [0.717, 1.165) is 51.9 Å². The van der Waals surface area contributed by atoms with Crippen molar-refractivity contribution in [1.29, 1.82) is 0 Å². The van der Waals surface area contributed by atoms with E-state index in [9.17, 15) is 75.7 Å². The number of nitrogens with one attached hydrogen (secondary N) is 2. The minimum atomic E-state index is -3.08. The normalized spacial score (nSPS) is 29.8. The molecule has 0 aromatic rings. The highest BCUT2D eigenvalue weighted by molar-refractivity contribution is 5.77. The molecule has 0 aliphatic carbocycles. The smallest absolute Gasteiger partial charge is 0.364 e. The maximum absolute atomic E-state index is 13.4. The molecule has 0 radical (unpaired) electrons. The summed E-state index contributed by atoms with van der Waals surface area (Å²) in [6, 6.07) is -2.61. The molecule has 3 saturated heterocycles. The van der Waals surface area contributed by atoms with Crippen LogP contribution in [-0.2, 0) is 42.8 Å². The predicted octanol–water partition coefficient (Wildman–Crippen LogP) is 3.95. The van der Waals surface area contributed by atoms with Gasteiger partial charge >= 0.3 is 5.97 Å². The van der Waals surface area contributed by atoms with Gasteiger partial charge in [0.15, 0.2) is 12.6 Å². The van der Waals surface area contributed by atoms with Crippen LogP contribution in [0.2, 0.25) is 0 Å². The molecule has 0 aromatic heterocycles. The standard InChI is InChI=1S/C61H112N2O21/c1-4-6-8-10-12-14-16-18-19-20-21-23-25-27-29-31-33-35-48(71)63-42(43(68)34-32-30-28-26-24-22-17-15-13-11-9-7-5-2)40-79-58-53(75)52(74)55(47(39-66)81-58)82-59-54(76)57(51(73)46(38-65)80-59)84-61(60(77)78)36-44(69)49(62-41(3)67)56(83-61)50(72)45(70)37-64/h32,34,42-47,49-59,64-66,68-70,72-76H,4-31,33,35-40H2,1-3H3,(H,62,67)(H,63,71)(H,77,78)/b34-32+/t42-,43+,44-,45+,46+,47+,49+,50+,51-,52+,53?,54+,55+,56?,57-,58+,59-,61-/m0/s1. The van der Waals surface area contributed by atoms with Gasteiger partial charge in [0, 0.05) is 19.8 Å². The van der Waals surface area contributed by atoms with E-state index in [1.807, 2.05) is 6.08 Å². The molecule has 23 nitrogen and oxygen atoms in total. The van der Waals surface area contributed by atoms with Crippen molar-refractivity contribution in [2.24, 2.45) is 0 Å². The van der Waals surface area contributed by atoms with E-state index < -0.39 is 155 Å². The number of unbranched alkanes of at least 4 members (excludes halogenated alkanes) is 27. The second-order valence-electron chi connectivity index (χ2n) is 23.6. The van der Waals surface area contributed by atoms with Crippen molar-refractivity contribution in [3.05, 3.63) is 12.2 Å². The Morgan fingerprint density at radius 1 is 0.619 bits per heavy atom. The molecule has 3 heterocycles. The minimum absolute atomic E-state index is 0.204. The summed E-state index contributed by atoms with van der Waals surface area (Å²) in [5.74, 6) is -6.14.